The first-order chi connectivity index (χ1) is 7.53. The highest BCUT2D eigenvalue weighted by atomic mass is 79.9. The first-order valence-corrected chi connectivity index (χ1v) is 7.58. The Morgan fingerprint density at radius 3 is 3.00 bits per heavy atom. The van der Waals surface area contributed by atoms with E-state index in [0.717, 1.165) is 15.9 Å². The van der Waals surface area contributed by atoms with Crippen molar-refractivity contribution in [3.8, 4) is 5.75 Å². The van der Waals surface area contributed by atoms with Crippen LogP contribution in [0.1, 0.15) is 0 Å². The molecule has 0 aliphatic carbocycles. The van der Waals surface area contributed by atoms with Gasteiger partial charge in [0.05, 0.1) is 23.2 Å². The Hall–Kier alpha value is -0.750. The van der Waals surface area contributed by atoms with Crippen molar-refractivity contribution in [1.29, 1.82) is 0 Å². The summed E-state index contributed by atoms with van der Waals surface area (Å²) in [7, 11) is -2.96. The molecule has 16 heavy (non-hydrogen) atoms. The smallest absolute Gasteiger partial charge is 0.156 e. The average molecular weight is 304 g/mol. The van der Waals surface area contributed by atoms with Crippen LogP contribution in [0, 0.1) is 0 Å². The predicted octanol–water partition coefficient (Wildman–Crippen LogP) is 1.42. The highest BCUT2D eigenvalue weighted by Crippen LogP contribution is 2.36. The molecule has 2 atom stereocenters. The highest BCUT2D eigenvalue weighted by molar-refractivity contribution is 9.10. The Morgan fingerprint density at radius 1 is 1.38 bits per heavy atom. The predicted molar refractivity (Wildman–Crippen MR) is 64.6 cm³/mol. The van der Waals surface area contributed by atoms with E-state index in [1.807, 2.05) is 18.2 Å². The van der Waals surface area contributed by atoms with Crippen LogP contribution in [-0.2, 0) is 9.84 Å². The number of fused-ring (bicyclic) bond motifs is 2. The van der Waals surface area contributed by atoms with Gasteiger partial charge in [-0.05, 0) is 18.2 Å². The van der Waals surface area contributed by atoms with Crippen LogP contribution >= 0.6 is 15.9 Å². The third-order valence-corrected chi connectivity index (χ3v) is 5.06. The summed E-state index contributed by atoms with van der Waals surface area (Å²) in [5.41, 5.74) is 0.854. The zero-order valence-corrected chi connectivity index (χ0v) is 10.7. The molecule has 0 bridgehead atoms. The van der Waals surface area contributed by atoms with Crippen molar-refractivity contribution in [2.24, 2.45) is 0 Å². The first-order valence-electron chi connectivity index (χ1n) is 4.97. The van der Waals surface area contributed by atoms with E-state index in [9.17, 15) is 8.42 Å². The molecule has 1 aromatic rings. The molecule has 0 spiro atoms. The molecule has 6 heteroatoms. The number of rotatable bonds is 0. The fourth-order valence-electron chi connectivity index (χ4n) is 2.15. The Morgan fingerprint density at radius 2 is 2.19 bits per heavy atom. The quantitative estimate of drug-likeness (QED) is 0.787. The monoisotopic (exact) mass is 303 g/mol. The summed E-state index contributed by atoms with van der Waals surface area (Å²) in [5.74, 6) is 0.991. The van der Waals surface area contributed by atoms with Gasteiger partial charge in [0.25, 0.3) is 0 Å². The molecular formula is C10H10BrNO3S. The summed E-state index contributed by atoms with van der Waals surface area (Å²) in [6, 6.07) is 5.50. The molecule has 1 fully saturated rings. The molecular weight excluding hydrogens is 294 g/mol. The zero-order valence-electron chi connectivity index (χ0n) is 8.31. The van der Waals surface area contributed by atoms with Crippen LogP contribution in [0.15, 0.2) is 22.7 Å². The topological polar surface area (TPSA) is 55.4 Å². The second-order valence-corrected chi connectivity index (χ2v) is 7.19. The summed E-state index contributed by atoms with van der Waals surface area (Å²) in [6.45, 7) is 0. The average Bonchev–Trinajstić information content (AvgIpc) is 2.47. The van der Waals surface area contributed by atoms with Crippen LogP contribution in [0.2, 0.25) is 0 Å². The minimum absolute atomic E-state index is 0.111. The van der Waals surface area contributed by atoms with Crippen LogP contribution in [0.5, 0.6) is 5.75 Å². The van der Waals surface area contributed by atoms with Crippen molar-refractivity contribution in [3.63, 3.8) is 0 Å². The van der Waals surface area contributed by atoms with Crippen LogP contribution in [0.4, 0.5) is 5.69 Å². The third-order valence-electron chi connectivity index (χ3n) is 2.86. The number of nitrogens with one attached hydrogen (secondary N) is 1. The molecule has 2 unspecified atom stereocenters. The van der Waals surface area contributed by atoms with Crippen molar-refractivity contribution >= 4 is 31.5 Å². The molecule has 0 aromatic heterocycles. The summed E-state index contributed by atoms with van der Waals surface area (Å²) < 4.78 is 29.6. The van der Waals surface area contributed by atoms with Gasteiger partial charge in [-0.2, -0.15) is 0 Å². The van der Waals surface area contributed by atoms with Crippen LogP contribution in [0.25, 0.3) is 0 Å². The summed E-state index contributed by atoms with van der Waals surface area (Å²) in [6.07, 6.45) is -0.251. The van der Waals surface area contributed by atoms with E-state index in [2.05, 4.69) is 21.2 Å². The summed E-state index contributed by atoms with van der Waals surface area (Å²) in [5, 5.41) is 3.22. The minimum Gasteiger partial charge on any atom is -0.485 e. The normalized spacial score (nSPS) is 29.8. The van der Waals surface area contributed by atoms with Gasteiger partial charge in [0.2, 0.25) is 0 Å². The van der Waals surface area contributed by atoms with Crippen LogP contribution in [-0.4, -0.2) is 32.1 Å². The van der Waals surface area contributed by atoms with E-state index >= 15 is 0 Å². The van der Waals surface area contributed by atoms with E-state index in [1.54, 1.807) is 0 Å². The SMILES string of the molecule is O=S1(=O)CC2Nc3cc(Br)ccc3OC2C1. The molecule has 4 nitrogen and oxygen atoms in total. The molecule has 2 aliphatic heterocycles. The molecule has 1 N–H and O–H groups in total. The van der Waals surface area contributed by atoms with Gasteiger partial charge in [-0.25, -0.2) is 8.42 Å². The lowest BCUT2D eigenvalue weighted by Crippen LogP contribution is -2.40. The van der Waals surface area contributed by atoms with Crippen molar-refractivity contribution in [2.75, 3.05) is 16.8 Å². The Labute approximate surface area is 102 Å². The van der Waals surface area contributed by atoms with Gasteiger partial charge < -0.3 is 10.1 Å². The maximum atomic E-state index is 11.5. The van der Waals surface area contributed by atoms with Gasteiger partial charge in [-0.15, -0.1) is 0 Å². The summed E-state index contributed by atoms with van der Waals surface area (Å²) >= 11 is 3.37. The minimum atomic E-state index is -2.96. The lowest BCUT2D eigenvalue weighted by Gasteiger charge is -2.29. The number of halogens is 1. The Bertz CT molecular complexity index is 543. The fourth-order valence-corrected chi connectivity index (χ4v) is 4.29. The van der Waals surface area contributed by atoms with Crippen LogP contribution < -0.4 is 10.1 Å². The van der Waals surface area contributed by atoms with Crippen molar-refractivity contribution < 1.29 is 13.2 Å². The van der Waals surface area contributed by atoms with E-state index in [-0.39, 0.29) is 23.7 Å². The largest absolute Gasteiger partial charge is 0.485 e. The van der Waals surface area contributed by atoms with Crippen LogP contribution in [0.3, 0.4) is 0 Å². The van der Waals surface area contributed by atoms with Crippen molar-refractivity contribution in [3.05, 3.63) is 22.7 Å². The Kier molecular flexibility index (Phi) is 2.19. The number of hydrogen-bond donors (Lipinski definition) is 1. The number of hydrogen-bond acceptors (Lipinski definition) is 4. The maximum Gasteiger partial charge on any atom is 0.156 e. The molecule has 0 radical (unpaired) electrons. The molecule has 86 valence electrons. The van der Waals surface area contributed by atoms with Gasteiger partial charge in [0, 0.05) is 4.47 Å². The molecule has 2 heterocycles. The second-order valence-electron chi connectivity index (χ2n) is 4.12. The maximum absolute atomic E-state index is 11.5. The number of benzene rings is 1. The van der Waals surface area contributed by atoms with E-state index in [1.165, 1.54) is 0 Å². The lowest BCUT2D eigenvalue weighted by atomic mass is 10.1. The van der Waals surface area contributed by atoms with Gasteiger partial charge >= 0.3 is 0 Å². The highest BCUT2D eigenvalue weighted by Gasteiger charge is 2.42. The van der Waals surface area contributed by atoms with Crippen molar-refractivity contribution in [2.45, 2.75) is 12.1 Å². The number of sulfone groups is 1. The molecule has 1 saturated heterocycles. The fraction of sp³-hybridized carbons (Fsp3) is 0.400. The molecule has 0 amide bonds. The Balaban J connectivity index is 1.97. The third kappa shape index (κ3) is 1.69. The van der Waals surface area contributed by atoms with Gasteiger partial charge in [0.15, 0.2) is 9.84 Å². The lowest BCUT2D eigenvalue weighted by molar-refractivity contribution is 0.206. The van der Waals surface area contributed by atoms with Gasteiger partial charge in [0.1, 0.15) is 11.9 Å². The molecule has 1 aromatic carbocycles. The van der Waals surface area contributed by atoms with E-state index in [0.29, 0.717) is 0 Å². The van der Waals surface area contributed by atoms with Gasteiger partial charge in [-0.3, -0.25) is 0 Å². The van der Waals surface area contributed by atoms with E-state index < -0.39 is 9.84 Å². The number of ether oxygens (including phenoxy) is 1. The van der Waals surface area contributed by atoms with Gasteiger partial charge in [-0.1, -0.05) is 15.9 Å². The van der Waals surface area contributed by atoms with E-state index in [4.69, 9.17) is 4.74 Å². The zero-order chi connectivity index (χ0) is 11.3. The molecule has 2 aliphatic rings. The second kappa shape index (κ2) is 3.37. The molecule has 3 rings (SSSR count). The first kappa shape index (κ1) is 10.4. The molecule has 0 saturated carbocycles. The standard InChI is InChI=1S/C10H10BrNO3S/c11-6-1-2-9-7(3-6)12-8-4-16(13,14)5-10(8)15-9/h1-3,8,10,12H,4-5H2. The number of anilines is 1. The summed E-state index contributed by atoms with van der Waals surface area (Å²) in [4.78, 5) is 0. The van der Waals surface area contributed by atoms with Crippen molar-refractivity contribution in [1.82, 2.24) is 0 Å².